The first-order valence-corrected chi connectivity index (χ1v) is 9.38. The Hall–Kier alpha value is -1.57. The zero-order valence-corrected chi connectivity index (χ0v) is 16.1. The fourth-order valence-corrected chi connectivity index (χ4v) is 3.19. The fraction of sp³-hybridized carbons (Fsp3) is 0.471. The van der Waals surface area contributed by atoms with Crippen LogP contribution >= 0.6 is 23.4 Å². The van der Waals surface area contributed by atoms with Gasteiger partial charge in [0.15, 0.2) is 11.0 Å². The van der Waals surface area contributed by atoms with Gasteiger partial charge in [0.1, 0.15) is 0 Å². The second kappa shape index (κ2) is 9.79. The van der Waals surface area contributed by atoms with E-state index in [2.05, 4.69) is 10.2 Å². The van der Waals surface area contributed by atoms with E-state index in [0.29, 0.717) is 29.2 Å². The Morgan fingerprint density at radius 3 is 2.76 bits per heavy atom. The van der Waals surface area contributed by atoms with Gasteiger partial charge in [0.05, 0.1) is 16.9 Å². The number of hydrogen-bond acceptors (Lipinski definition) is 6. The lowest BCUT2D eigenvalue weighted by atomic mass is 10.2. The smallest absolute Gasteiger partial charge is 0.316 e. The summed E-state index contributed by atoms with van der Waals surface area (Å²) >= 11 is 7.61. The highest BCUT2D eigenvalue weighted by molar-refractivity contribution is 7.99. The number of aromatic nitrogens is 3. The molecule has 1 heterocycles. The van der Waals surface area contributed by atoms with Crippen molar-refractivity contribution in [2.45, 2.75) is 38.1 Å². The second-order valence-corrected chi connectivity index (χ2v) is 6.96. The first-order chi connectivity index (χ1) is 12.0. The molecule has 0 radical (unpaired) electrons. The SMILES string of the molecule is COCCCn1c(SCC(=O)OC(C)C)nnc1-c1ccccc1Cl. The number of esters is 1. The van der Waals surface area contributed by atoms with Crippen LogP contribution in [0.3, 0.4) is 0 Å². The molecule has 1 aromatic heterocycles. The maximum atomic E-state index is 11.8. The number of benzene rings is 1. The number of hydrogen-bond donors (Lipinski definition) is 0. The summed E-state index contributed by atoms with van der Waals surface area (Å²) in [6, 6.07) is 7.50. The standard InChI is InChI=1S/C17H22ClN3O3S/c1-12(2)24-15(22)11-25-17-20-19-16(21(17)9-6-10-23-3)13-7-4-5-8-14(13)18/h4-5,7-8,12H,6,9-11H2,1-3H3. The number of carbonyl (C=O) groups excluding carboxylic acids is 1. The summed E-state index contributed by atoms with van der Waals surface area (Å²) in [5, 5.41) is 9.78. The van der Waals surface area contributed by atoms with E-state index in [1.165, 1.54) is 11.8 Å². The number of carbonyl (C=O) groups is 1. The largest absolute Gasteiger partial charge is 0.462 e. The highest BCUT2D eigenvalue weighted by Gasteiger charge is 2.17. The zero-order valence-electron chi connectivity index (χ0n) is 14.6. The van der Waals surface area contributed by atoms with E-state index in [1.54, 1.807) is 7.11 Å². The van der Waals surface area contributed by atoms with Crippen LogP contribution in [0.4, 0.5) is 0 Å². The van der Waals surface area contributed by atoms with Gasteiger partial charge in [-0.2, -0.15) is 0 Å². The van der Waals surface area contributed by atoms with E-state index < -0.39 is 0 Å². The average molecular weight is 384 g/mol. The molecule has 0 saturated heterocycles. The van der Waals surface area contributed by atoms with Crippen LogP contribution in [-0.4, -0.2) is 46.3 Å². The van der Waals surface area contributed by atoms with E-state index in [4.69, 9.17) is 21.1 Å². The molecule has 0 N–H and O–H groups in total. The Bertz CT molecular complexity index is 706. The Balaban J connectivity index is 2.21. The third-order valence-corrected chi connectivity index (χ3v) is 4.52. The van der Waals surface area contributed by atoms with Crippen LogP contribution in [0.5, 0.6) is 0 Å². The molecule has 2 aromatic rings. The van der Waals surface area contributed by atoms with Crippen molar-refractivity contribution in [3.05, 3.63) is 29.3 Å². The van der Waals surface area contributed by atoms with Crippen LogP contribution in [0.25, 0.3) is 11.4 Å². The van der Waals surface area contributed by atoms with Crippen molar-refractivity contribution in [1.82, 2.24) is 14.8 Å². The zero-order chi connectivity index (χ0) is 18.2. The Labute approximate surface area is 156 Å². The molecule has 0 saturated carbocycles. The molecule has 0 aliphatic heterocycles. The molecule has 0 atom stereocenters. The van der Waals surface area contributed by atoms with Crippen LogP contribution in [-0.2, 0) is 20.8 Å². The summed E-state index contributed by atoms with van der Waals surface area (Å²) in [6.07, 6.45) is 0.669. The van der Waals surface area contributed by atoms with Gasteiger partial charge in [-0.05, 0) is 32.4 Å². The number of thioether (sulfide) groups is 1. The van der Waals surface area contributed by atoms with E-state index in [-0.39, 0.29) is 17.8 Å². The lowest BCUT2D eigenvalue weighted by molar-refractivity contribution is -0.144. The minimum atomic E-state index is -0.272. The normalized spacial score (nSPS) is 11.1. The maximum Gasteiger partial charge on any atom is 0.316 e. The molecule has 25 heavy (non-hydrogen) atoms. The molecule has 1 aromatic carbocycles. The fourth-order valence-electron chi connectivity index (χ4n) is 2.23. The van der Waals surface area contributed by atoms with Crippen LogP contribution < -0.4 is 0 Å². The van der Waals surface area contributed by atoms with Gasteiger partial charge < -0.3 is 14.0 Å². The maximum absolute atomic E-state index is 11.8. The molecule has 0 fully saturated rings. The molecule has 0 amide bonds. The number of nitrogens with zero attached hydrogens (tertiary/aromatic N) is 3. The first kappa shape index (κ1) is 19.8. The van der Waals surface area contributed by atoms with E-state index in [9.17, 15) is 4.79 Å². The van der Waals surface area contributed by atoms with Crippen molar-refractivity contribution in [2.75, 3.05) is 19.5 Å². The summed E-state index contributed by atoms with van der Waals surface area (Å²) < 4.78 is 12.3. The monoisotopic (exact) mass is 383 g/mol. The Morgan fingerprint density at radius 2 is 2.08 bits per heavy atom. The predicted octanol–water partition coefficient (Wildman–Crippen LogP) is 3.68. The van der Waals surface area contributed by atoms with Crippen LogP contribution in [0.15, 0.2) is 29.4 Å². The van der Waals surface area contributed by atoms with Gasteiger partial charge in [0, 0.05) is 25.8 Å². The molecular weight excluding hydrogens is 362 g/mol. The highest BCUT2D eigenvalue weighted by atomic mass is 35.5. The van der Waals surface area contributed by atoms with Crippen LogP contribution in [0, 0.1) is 0 Å². The summed E-state index contributed by atoms with van der Waals surface area (Å²) in [5.41, 5.74) is 0.811. The Kier molecular flexibility index (Phi) is 7.74. The topological polar surface area (TPSA) is 66.2 Å². The van der Waals surface area contributed by atoms with Crippen LogP contribution in [0.2, 0.25) is 5.02 Å². The molecule has 0 aliphatic rings. The quantitative estimate of drug-likeness (QED) is 0.374. The van der Waals surface area contributed by atoms with Crippen LogP contribution in [0.1, 0.15) is 20.3 Å². The van der Waals surface area contributed by atoms with Crippen molar-refractivity contribution < 1.29 is 14.3 Å². The predicted molar refractivity (Wildman–Crippen MR) is 98.9 cm³/mol. The number of halogens is 1. The molecule has 0 aliphatic carbocycles. The molecule has 0 unspecified atom stereocenters. The van der Waals surface area contributed by atoms with Crippen molar-refractivity contribution in [3.63, 3.8) is 0 Å². The highest BCUT2D eigenvalue weighted by Crippen LogP contribution is 2.29. The van der Waals surface area contributed by atoms with E-state index in [0.717, 1.165) is 12.0 Å². The van der Waals surface area contributed by atoms with E-state index >= 15 is 0 Å². The number of ether oxygens (including phenoxy) is 2. The molecule has 0 bridgehead atoms. The van der Waals surface area contributed by atoms with Crippen molar-refractivity contribution in [3.8, 4) is 11.4 Å². The van der Waals surface area contributed by atoms with Crippen molar-refractivity contribution in [1.29, 1.82) is 0 Å². The molecule has 2 rings (SSSR count). The van der Waals surface area contributed by atoms with Crippen molar-refractivity contribution >= 4 is 29.3 Å². The second-order valence-electron chi connectivity index (χ2n) is 5.61. The average Bonchev–Trinajstić information content (AvgIpc) is 2.96. The minimum Gasteiger partial charge on any atom is -0.462 e. The van der Waals surface area contributed by atoms with Gasteiger partial charge in [0.2, 0.25) is 0 Å². The molecule has 136 valence electrons. The summed E-state index contributed by atoms with van der Waals surface area (Å²) in [4.78, 5) is 11.8. The Morgan fingerprint density at radius 1 is 1.32 bits per heavy atom. The summed E-state index contributed by atoms with van der Waals surface area (Å²) in [6.45, 7) is 4.94. The first-order valence-electron chi connectivity index (χ1n) is 8.02. The third kappa shape index (κ3) is 5.73. The molecule has 0 spiro atoms. The van der Waals surface area contributed by atoms with Crippen molar-refractivity contribution in [2.24, 2.45) is 0 Å². The number of rotatable bonds is 9. The molecular formula is C17H22ClN3O3S. The van der Waals surface area contributed by atoms with Gasteiger partial charge in [-0.1, -0.05) is 35.5 Å². The third-order valence-electron chi connectivity index (χ3n) is 3.25. The summed E-state index contributed by atoms with van der Waals surface area (Å²) in [7, 11) is 1.67. The lowest BCUT2D eigenvalue weighted by Gasteiger charge is -2.11. The van der Waals surface area contributed by atoms with Gasteiger partial charge in [-0.25, -0.2) is 0 Å². The van der Waals surface area contributed by atoms with Gasteiger partial charge >= 0.3 is 5.97 Å². The minimum absolute atomic E-state index is 0.133. The van der Waals surface area contributed by atoms with Gasteiger partial charge in [0.25, 0.3) is 0 Å². The van der Waals surface area contributed by atoms with Gasteiger partial charge in [-0.3, -0.25) is 4.79 Å². The lowest BCUT2D eigenvalue weighted by Crippen LogP contribution is -2.14. The molecule has 6 nitrogen and oxygen atoms in total. The van der Waals surface area contributed by atoms with Gasteiger partial charge in [-0.15, -0.1) is 10.2 Å². The number of methoxy groups -OCH3 is 1. The van der Waals surface area contributed by atoms with E-state index in [1.807, 2.05) is 42.7 Å². The summed E-state index contributed by atoms with van der Waals surface area (Å²) in [5.74, 6) is 0.593. The molecule has 8 heteroatoms.